The fraction of sp³-hybridized carbons (Fsp3) is 0.0667. The van der Waals surface area contributed by atoms with E-state index >= 15 is 0 Å². The highest BCUT2D eigenvalue weighted by Gasteiger charge is 2.33. The summed E-state index contributed by atoms with van der Waals surface area (Å²) in [7, 11) is 0. The molecule has 0 saturated heterocycles. The van der Waals surface area contributed by atoms with Gasteiger partial charge in [-0.2, -0.15) is 13.2 Å². The summed E-state index contributed by atoms with van der Waals surface area (Å²) < 4.78 is 38.3. The molecule has 0 radical (unpaired) electrons. The molecule has 2 amide bonds. The molecule has 0 saturated carbocycles. The lowest BCUT2D eigenvalue weighted by atomic mass is 10.2. The van der Waals surface area contributed by atoms with Crippen molar-refractivity contribution in [1.82, 2.24) is 0 Å². The first-order chi connectivity index (χ1) is 11.2. The van der Waals surface area contributed by atoms with Gasteiger partial charge in [0.1, 0.15) is 0 Å². The van der Waals surface area contributed by atoms with Crippen LogP contribution in [0.25, 0.3) is 0 Å². The Morgan fingerprint density at radius 2 is 1.46 bits per heavy atom. The molecule has 24 heavy (non-hydrogen) atoms. The fourth-order valence-electron chi connectivity index (χ4n) is 1.76. The number of amides is 2. The van der Waals surface area contributed by atoms with Crippen molar-refractivity contribution in [2.24, 2.45) is 0 Å². The lowest BCUT2D eigenvalue weighted by Gasteiger charge is -2.11. The zero-order chi connectivity index (χ0) is 17.9. The number of carbonyl (C=O) groups is 2. The zero-order valence-corrected chi connectivity index (χ0v) is 13.3. The van der Waals surface area contributed by atoms with Crippen molar-refractivity contribution in [2.45, 2.75) is 6.18 Å². The van der Waals surface area contributed by atoms with E-state index in [2.05, 4.69) is 10.6 Å². The third kappa shape index (κ3) is 4.62. The lowest BCUT2D eigenvalue weighted by molar-refractivity contribution is -0.137. The number of alkyl halides is 3. The highest BCUT2D eigenvalue weighted by Crippen LogP contribution is 2.36. The average molecular weight is 377 g/mol. The summed E-state index contributed by atoms with van der Waals surface area (Å²) in [5.41, 5.74) is -1.05. The predicted molar refractivity (Wildman–Crippen MR) is 85.2 cm³/mol. The Bertz CT molecular complexity index is 795. The molecule has 2 aromatic carbocycles. The minimum Gasteiger partial charge on any atom is -0.318 e. The SMILES string of the molecule is O=C(Nc1cccc(Cl)c1)C(=O)Nc1ccc(Cl)c(C(F)(F)F)c1. The predicted octanol–water partition coefficient (Wildman–Crippen LogP) is 4.59. The summed E-state index contributed by atoms with van der Waals surface area (Å²) in [5.74, 6) is -2.19. The minimum absolute atomic E-state index is 0.210. The number of hydrogen-bond donors (Lipinski definition) is 2. The first kappa shape index (κ1) is 18.1. The Morgan fingerprint density at radius 1 is 0.875 bits per heavy atom. The molecule has 0 heterocycles. The normalized spacial score (nSPS) is 11.0. The molecule has 126 valence electrons. The number of nitrogens with one attached hydrogen (secondary N) is 2. The third-order valence-corrected chi connectivity index (χ3v) is 3.38. The molecular weight excluding hydrogens is 368 g/mol. The van der Waals surface area contributed by atoms with Gasteiger partial charge in [-0.15, -0.1) is 0 Å². The van der Waals surface area contributed by atoms with Crippen LogP contribution in [0.1, 0.15) is 5.56 Å². The summed E-state index contributed by atoms with van der Waals surface area (Å²) >= 11 is 11.2. The quantitative estimate of drug-likeness (QED) is 0.753. The molecule has 2 N–H and O–H groups in total. The summed E-state index contributed by atoms with van der Waals surface area (Å²) in [6.45, 7) is 0. The largest absolute Gasteiger partial charge is 0.417 e. The van der Waals surface area contributed by atoms with Crippen molar-refractivity contribution < 1.29 is 22.8 Å². The minimum atomic E-state index is -4.68. The van der Waals surface area contributed by atoms with Crippen LogP contribution in [0.4, 0.5) is 24.5 Å². The van der Waals surface area contributed by atoms with E-state index in [0.29, 0.717) is 11.1 Å². The van der Waals surface area contributed by atoms with E-state index in [1.54, 1.807) is 12.1 Å². The number of benzene rings is 2. The Labute approximate surface area is 144 Å². The van der Waals surface area contributed by atoms with E-state index in [0.717, 1.165) is 12.1 Å². The average Bonchev–Trinajstić information content (AvgIpc) is 2.48. The van der Waals surface area contributed by atoms with Crippen LogP contribution in [-0.2, 0) is 15.8 Å². The number of anilines is 2. The molecule has 0 aliphatic rings. The number of hydrogen-bond acceptors (Lipinski definition) is 2. The van der Waals surface area contributed by atoms with Crippen LogP contribution in [-0.4, -0.2) is 11.8 Å². The van der Waals surface area contributed by atoms with Gasteiger partial charge in [-0.05, 0) is 36.4 Å². The second kappa shape index (κ2) is 7.11. The zero-order valence-electron chi connectivity index (χ0n) is 11.7. The fourth-order valence-corrected chi connectivity index (χ4v) is 2.18. The maximum Gasteiger partial charge on any atom is 0.417 e. The number of halogens is 5. The van der Waals surface area contributed by atoms with E-state index < -0.39 is 28.6 Å². The Kier molecular flexibility index (Phi) is 5.36. The van der Waals surface area contributed by atoms with Crippen molar-refractivity contribution in [3.63, 3.8) is 0 Å². The van der Waals surface area contributed by atoms with Gasteiger partial charge in [-0.1, -0.05) is 29.3 Å². The van der Waals surface area contributed by atoms with E-state index in [1.165, 1.54) is 12.1 Å². The molecule has 0 bridgehead atoms. The maximum absolute atomic E-state index is 12.8. The summed E-state index contributed by atoms with van der Waals surface area (Å²) in [5, 5.41) is 4.19. The van der Waals surface area contributed by atoms with Gasteiger partial charge < -0.3 is 10.6 Å². The molecule has 0 aromatic heterocycles. The smallest absolute Gasteiger partial charge is 0.318 e. The highest BCUT2D eigenvalue weighted by molar-refractivity contribution is 6.43. The maximum atomic E-state index is 12.8. The third-order valence-electron chi connectivity index (χ3n) is 2.82. The molecule has 0 atom stereocenters. The molecule has 0 aliphatic carbocycles. The van der Waals surface area contributed by atoms with Crippen LogP contribution in [0.5, 0.6) is 0 Å². The molecule has 0 fully saturated rings. The summed E-state index contributed by atoms with van der Waals surface area (Å²) in [6, 6.07) is 8.83. The second-order valence-corrected chi connectivity index (χ2v) is 5.45. The van der Waals surface area contributed by atoms with Gasteiger partial charge in [0.2, 0.25) is 0 Å². The van der Waals surface area contributed by atoms with Crippen molar-refractivity contribution >= 4 is 46.4 Å². The first-order valence-electron chi connectivity index (χ1n) is 6.41. The van der Waals surface area contributed by atoms with E-state index in [4.69, 9.17) is 23.2 Å². The van der Waals surface area contributed by atoms with Crippen molar-refractivity contribution in [3.05, 3.63) is 58.1 Å². The van der Waals surface area contributed by atoms with Gasteiger partial charge in [0.15, 0.2) is 0 Å². The van der Waals surface area contributed by atoms with Crippen molar-refractivity contribution in [1.29, 1.82) is 0 Å². The van der Waals surface area contributed by atoms with Crippen LogP contribution >= 0.6 is 23.2 Å². The van der Waals surface area contributed by atoms with Crippen LogP contribution in [0.15, 0.2) is 42.5 Å². The molecule has 4 nitrogen and oxygen atoms in total. The van der Waals surface area contributed by atoms with Crippen molar-refractivity contribution in [3.8, 4) is 0 Å². The molecule has 0 spiro atoms. The van der Waals surface area contributed by atoms with Gasteiger partial charge >= 0.3 is 18.0 Å². The van der Waals surface area contributed by atoms with Crippen LogP contribution < -0.4 is 10.6 Å². The summed E-state index contributed by atoms with van der Waals surface area (Å²) in [4.78, 5) is 23.5. The van der Waals surface area contributed by atoms with Gasteiger partial charge in [0, 0.05) is 16.4 Å². The first-order valence-corrected chi connectivity index (χ1v) is 7.17. The van der Waals surface area contributed by atoms with Crippen LogP contribution in [0.3, 0.4) is 0 Å². The van der Waals surface area contributed by atoms with Gasteiger partial charge in [-0.3, -0.25) is 9.59 Å². The molecule has 2 aromatic rings. The van der Waals surface area contributed by atoms with E-state index in [1.807, 2.05) is 0 Å². The van der Waals surface area contributed by atoms with Crippen LogP contribution in [0, 0.1) is 0 Å². The van der Waals surface area contributed by atoms with Crippen molar-refractivity contribution in [2.75, 3.05) is 10.6 Å². The van der Waals surface area contributed by atoms with Gasteiger partial charge in [0.25, 0.3) is 0 Å². The van der Waals surface area contributed by atoms with Crippen LogP contribution in [0.2, 0.25) is 10.0 Å². The highest BCUT2D eigenvalue weighted by atomic mass is 35.5. The molecular formula is C15H9Cl2F3N2O2. The molecule has 0 unspecified atom stereocenters. The standard InChI is InChI=1S/C15H9Cl2F3N2O2/c16-8-2-1-3-9(6-8)21-13(23)14(24)22-10-4-5-12(17)11(7-10)15(18,19)20/h1-7H,(H,21,23)(H,22,24). The van der Waals surface area contributed by atoms with E-state index in [-0.39, 0.29) is 11.4 Å². The van der Waals surface area contributed by atoms with Gasteiger partial charge in [-0.25, -0.2) is 0 Å². The Hall–Kier alpha value is -2.25. The molecule has 0 aliphatic heterocycles. The molecule has 2 rings (SSSR count). The van der Waals surface area contributed by atoms with E-state index in [9.17, 15) is 22.8 Å². The Balaban J connectivity index is 2.10. The Morgan fingerprint density at radius 3 is 2.00 bits per heavy atom. The molecule has 9 heteroatoms. The lowest BCUT2D eigenvalue weighted by Crippen LogP contribution is -2.29. The second-order valence-electron chi connectivity index (χ2n) is 4.61. The van der Waals surface area contributed by atoms with Gasteiger partial charge in [0.05, 0.1) is 10.6 Å². The summed E-state index contributed by atoms with van der Waals surface area (Å²) in [6.07, 6.45) is -4.68. The number of rotatable bonds is 2. The monoisotopic (exact) mass is 376 g/mol. The topological polar surface area (TPSA) is 58.2 Å². The number of carbonyl (C=O) groups excluding carboxylic acids is 2.